The van der Waals surface area contributed by atoms with Crippen LogP contribution in [0, 0.1) is 0 Å². The Morgan fingerprint density at radius 3 is 2.40 bits per heavy atom. The Morgan fingerprint density at radius 2 is 1.73 bits per heavy atom. The second-order valence-corrected chi connectivity index (χ2v) is 4.49. The molecule has 0 bridgehead atoms. The summed E-state index contributed by atoms with van der Waals surface area (Å²) < 4.78 is 0. The first kappa shape index (κ1) is 14.9. The number of rotatable bonds is 11. The van der Waals surface area contributed by atoms with E-state index in [0.29, 0.717) is 12.6 Å². The first-order valence-electron chi connectivity index (χ1n) is 6.65. The number of hydrogen-bond donors (Lipinski definition) is 2. The molecule has 15 heavy (non-hydrogen) atoms. The van der Waals surface area contributed by atoms with E-state index in [1.54, 1.807) is 0 Å². The SMILES string of the molecule is CCCCCC(C)NCCCCCCO. The van der Waals surface area contributed by atoms with Crippen LogP contribution in [0.5, 0.6) is 0 Å². The van der Waals surface area contributed by atoms with Crippen molar-refractivity contribution in [3.63, 3.8) is 0 Å². The Hall–Kier alpha value is -0.0800. The molecule has 0 aliphatic carbocycles. The van der Waals surface area contributed by atoms with Gasteiger partial charge < -0.3 is 10.4 Å². The van der Waals surface area contributed by atoms with Crippen LogP contribution >= 0.6 is 0 Å². The fraction of sp³-hybridized carbons (Fsp3) is 1.00. The van der Waals surface area contributed by atoms with E-state index in [1.807, 2.05) is 0 Å². The number of aliphatic hydroxyl groups excluding tert-OH is 1. The number of hydrogen-bond acceptors (Lipinski definition) is 2. The van der Waals surface area contributed by atoms with E-state index in [9.17, 15) is 0 Å². The summed E-state index contributed by atoms with van der Waals surface area (Å²) in [6, 6.07) is 0.675. The van der Waals surface area contributed by atoms with Gasteiger partial charge in [-0.25, -0.2) is 0 Å². The zero-order valence-corrected chi connectivity index (χ0v) is 10.6. The van der Waals surface area contributed by atoms with E-state index in [2.05, 4.69) is 19.2 Å². The molecule has 0 saturated heterocycles. The monoisotopic (exact) mass is 215 g/mol. The van der Waals surface area contributed by atoms with Crippen LogP contribution in [0.2, 0.25) is 0 Å². The zero-order valence-electron chi connectivity index (χ0n) is 10.6. The molecule has 0 heterocycles. The van der Waals surface area contributed by atoms with Gasteiger partial charge in [-0.1, -0.05) is 39.0 Å². The van der Waals surface area contributed by atoms with Crippen molar-refractivity contribution in [2.24, 2.45) is 0 Å². The van der Waals surface area contributed by atoms with Crippen molar-refractivity contribution in [2.45, 2.75) is 71.3 Å². The Balaban J connectivity index is 3.06. The first-order valence-corrected chi connectivity index (χ1v) is 6.65. The third kappa shape index (κ3) is 11.8. The maximum atomic E-state index is 8.62. The summed E-state index contributed by atoms with van der Waals surface area (Å²) in [4.78, 5) is 0. The third-order valence-electron chi connectivity index (χ3n) is 2.82. The van der Waals surface area contributed by atoms with Crippen LogP contribution in [0.15, 0.2) is 0 Å². The highest BCUT2D eigenvalue weighted by atomic mass is 16.2. The van der Waals surface area contributed by atoms with Gasteiger partial charge in [0.1, 0.15) is 0 Å². The zero-order chi connectivity index (χ0) is 11.4. The fourth-order valence-corrected chi connectivity index (χ4v) is 1.74. The van der Waals surface area contributed by atoms with E-state index in [0.717, 1.165) is 13.0 Å². The maximum Gasteiger partial charge on any atom is 0.0431 e. The van der Waals surface area contributed by atoms with Crippen LogP contribution < -0.4 is 5.32 Å². The van der Waals surface area contributed by atoms with Gasteiger partial charge in [-0.05, 0) is 32.7 Å². The molecular formula is C13H29NO. The lowest BCUT2D eigenvalue weighted by atomic mass is 10.1. The van der Waals surface area contributed by atoms with Crippen molar-refractivity contribution in [3.8, 4) is 0 Å². The van der Waals surface area contributed by atoms with Crippen LogP contribution in [0.4, 0.5) is 0 Å². The Bertz CT molecular complexity index is 117. The molecule has 0 aromatic rings. The van der Waals surface area contributed by atoms with Crippen LogP contribution in [0.1, 0.15) is 65.2 Å². The summed E-state index contributed by atoms with van der Waals surface area (Å²) in [5.41, 5.74) is 0. The topological polar surface area (TPSA) is 32.3 Å². The van der Waals surface area contributed by atoms with Crippen molar-refractivity contribution in [1.82, 2.24) is 5.32 Å². The molecule has 0 spiro atoms. The normalized spacial score (nSPS) is 13.0. The van der Waals surface area contributed by atoms with Crippen molar-refractivity contribution >= 4 is 0 Å². The van der Waals surface area contributed by atoms with E-state index >= 15 is 0 Å². The second-order valence-electron chi connectivity index (χ2n) is 4.49. The average Bonchev–Trinajstić information content (AvgIpc) is 2.23. The lowest BCUT2D eigenvalue weighted by Crippen LogP contribution is -2.26. The molecule has 0 fully saturated rings. The summed E-state index contributed by atoms with van der Waals surface area (Å²) in [6.07, 6.45) is 9.97. The molecule has 0 radical (unpaired) electrons. The largest absolute Gasteiger partial charge is 0.396 e. The smallest absolute Gasteiger partial charge is 0.0431 e. The second kappa shape index (κ2) is 12.0. The third-order valence-corrected chi connectivity index (χ3v) is 2.82. The molecule has 0 aromatic carbocycles. The van der Waals surface area contributed by atoms with Gasteiger partial charge in [0.25, 0.3) is 0 Å². The Labute approximate surface area is 95.5 Å². The number of nitrogens with one attached hydrogen (secondary N) is 1. The van der Waals surface area contributed by atoms with Crippen molar-refractivity contribution in [1.29, 1.82) is 0 Å². The van der Waals surface area contributed by atoms with Crippen LogP contribution in [0.25, 0.3) is 0 Å². The predicted octanol–water partition coefficient (Wildman–Crippen LogP) is 3.10. The minimum atomic E-state index is 0.348. The minimum absolute atomic E-state index is 0.348. The number of unbranched alkanes of at least 4 members (excludes halogenated alkanes) is 5. The molecule has 0 aliphatic rings. The van der Waals surface area contributed by atoms with Gasteiger partial charge in [-0.3, -0.25) is 0 Å². The lowest BCUT2D eigenvalue weighted by molar-refractivity contribution is 0.282. The van der Waals surface area contributed by atoms with Gasteiger partial charge in [0, 0.05) is 12.6 Å². The van der Waals surface area contributed by atoms with Gasteiger partial charge in [0.2, 0.25) is 0 Å². The maximum absolute atomic E-state index is 8.62. The summed E-state index contributed by atoms with van der Waals surface area (Å²) in [6.45, 7) is 6.02. The molecule has 2 heteroatoms. The van der Waals surface area contributed by atoms with E-state index in [1.165, 1.54) is 44.9 Å². The molecule has 0 aliphatic heterocycles. The van der Waals surface area contributed by atoms with E-state index in [-0.39, 0.29) is 0 Å². The standard InChI is InChI=1S/C13H29NO/c1-3-4-7-10-13(2)14-11-8-5-6-9-12-15/h13-15H,3-12H2,1-2H3. The highest BCUT2D eigenvalue weighted by Crippen LogP contribution is 2.03. The summed E-state index contributed by atoms with van der Waals surface area (Å²) in [7, 11) is 0. The average molecular weight is 215 g/mol. The molecule has 2 N–H and O–H groups in total. The quantitative estimate of drug-likeness (QED) is 0.519. The molecule has 2 nitrogen and oxygen atoms in total. The van der Waals surface area contributed by atoms with Gasteiger partial charge >= 0.3 is 0 Å². The molecule has 1 atom stereocenters. The number of aliphatic hydroxyl groups is 1. The molecule has 0 saturated carbocycles. The van der Waals surface area contributed by atoms with Crippen molar-refractivity contribution in [2.75, 3.05) is 13.2 Å². The summed E-state index contributed by atoms with van der Waals surface area (Å²) >= 11 is 0. The lowest BCUT2D eigenvalue weighted by Gasteiger charge is -2.13. The molecule has 0 aromatic heterocycles. The van der Waals surface area contributed by atoms with Gasteiger partial charge in [-0.15, -0.1) is 0 Å². The first-order chi connectivity index (χ1) is 7.31. The van der Waals surface area contributed by atoms with Crippen LogP contribution in [0.3, 0.4) is 0 Å². The van der Waals surface area contributed by atoms with Crippen LogP contribution in [-0.4, -0.2) is 24.3 Å². The molecule has 0 amide bonds. The summed E-state index contributed by atoms with van der Waals surface area (Å²) in [5.74, 6) is 0. The highest BCUT2D eigenvalue weighted by Gasteiger charge is 1.99. The van der Waals surface area contributed by atoms with Crippen molar-refractivity contribution in [3.05, 3.63) is 0 Å². The van der Waals surface area contributed by atoms with E-state index in [4.69, 9.17) is 5.11 Å². The Kier molecular flexibility index (Phi) is 11.9. The van der Waals surface area contributed by atoms with Gasteiger partial charge in [0.15, 0.2) is 0 Å². The Morgan fingerprint density at radius 1 is 1.00 bits per heavy atom. The van der Waals surface area contributed by atoms with E-state index < -0.39 is 0 Å². The van der Waals surface area contributed by atoms with Gasteiger partial charge in [0.05, 0.1) is 0 Å². The fourth-order valence-electron chi connectivity index (χ4n) is 1.74. The molecule has 92 valence electrons. The van der Waals surface area contributed by atoms with Gasteiger partial charge in [-0.2, -0.15) is 0 Å². The van der Waals surface area contributed by atoms with Crippen molar-refractivity contribution < 1.29 is 5.11 Å². The molecular weight excluding hydrogens is 186 g/mol. The minimum Gasteiger partial charge on any atom is -0.396 e. The molecule has 1 unspecified atom stereocenters. The summed E-state index contributed by atoms with van der Waals surface area (Å²) in [5, 5.41) is 12.2. The predicted molar refractivity (Wildman–Crippen MR) is 67.2 cm³/mol. The highest BCUT2D eigenvalue weighted by molar-refractivity contribution is 4.60. The van der Waals surface area contributed by atoms with Crippen LogP contribution in [-0.2, 0) is 0 Å². The molecule has 0 rings (SSSR count).